The molecule has 0 bridgehead atoms. The molecule has 1 N–H and O–H groups in total. The Bertz CT molecular complexity index is 1030. The topological polar surface area (TPSA) is 72.7 Å². The molecular formula is C19H17N5OS. The number of rotatable bonds is 5. The summed E-state index contributed by atoms with van der Waals surface area (Å²) in [6.07, 6.45) is 3.26. The van der Waals surface area contributed by atoms with E-state index < -0.39 is 0 Å². The molecule has 0 fully saturated rings. The van der Waals surface area contributed by atoms with Gasteiger partial charge < -0.3 is 5.32 Å². The third-order valence-corrected chi connectivity index (χ3v) is 5.01. The predicted octanol–water partition coefficient (Wildman–Crippen LogP) is 3.37. The predicted molar refractivity (Wildman–Crippen MR) is 101 cm³/mol. The molecule has 0 saturated heterocycles. The van der Waals surface area contributed by atoms with E-state index in [0.717, 1.165) is 20.8 Å². The molecule has 0 aliphatic carbocycles. The van der Waals surface area contributed by atoms with Crippen LogP contribution < -0.4 is 5.32 Å². The van der Waals surface area contributed by atoms with E-state index >= 15 is 0 Å². The van der Waals surface area contributed by atoms with E-state index in [1.165, 1.54) is 0 Å². The number of benzene rings is 2. The number of aryl methyl sites for hydroxylation is 1. The van der Waals surface area contributed by atoms with E-state index in [1.54, 1.807) is 28.5 Å². The molecule has 2 aromatic heterocycles. The summed E-state index contributed by atoms with van der Waals surface area (Å²) in [5, 5.41) is 12.4. The second kappa shape index (κ2) is 7.05. The molecule has 0 aliphatic rings. The van der Waals surface area contributed by atoms with Crippen LogP contribution in [0.3, 0.4) is 0 Å². The lowest BCUT2D eigenvalue weighted by atomic mass is 10.1. The van der Waals surface area contributed by atoms with E-state index in [1.807, 2.05) is 55.5 Å². The lowest BCUT2D eigenvalue weighted by molar-refractivity contribution is 0.0931. The molecule has 0 radical (unpaired) electrons. The molecular weight excluding hydrogens is 346 g/mol. The van der Waals surface area contributed by atoms with Crippen molar-refractivity contribution in [1.82, 2.24) is 25.3 Å². The molecule has 7 heteroatoms. The molecule has 2 heterocycles. The van der Waals surface area contributed by atoms with Crippen LogP contribution in [0, 0.1) is 6.92 Å². The molecule has 26 heavy (non-hydrogen) atoms. The van der Waals surface area contributed by atoms with Crippen LogP contribution in [0.4, 0.5) is 0 Å². The molecule has 6 nitrogen and oxygen atoms in total. The maximum Gasteiger partial charge on any atom is 0.251 e. The van der Waals surface area contributed by atoms with E-state index in [-0.39, 0.29) is 11.9 Å². The van der Waals surface area contributed by atoms with E-state index in [4.69, 9.17) is 0 Å². The fourth-order valence-electron chi connectivity index (χ4n) is 2.84. The number of thiazole rings is 1. The fourth-order valence-corrected chi connectivity index (χ4v) is 3.71. The van der Waals surface area contributed by atoms with Crippen molar-refractivity contribution in [3.8, 4) is 0 Å². The normalized spacial score (nSPS) is 12.2. The summed E-state index contributed by atoms with van der Waals surface area (Å²) in [7, 11) is 0. The number of amides is 1. The molecule has 0 saturated carbocycles. The van der Waals surface area contributed by atoms with Gasteiger partial charge in [0.15, 0.2) is 0 Å². The van der Waals surface area contributed by atoms with Crippen molar-refractivity contribution in [2.45, 2.75) is 19.5 Å². The van der Waals surface area contributed by atoms with Crippen molar-refractivity contribution in [1.29, 1.82) is 0 Å². The second-order valence-corrected chi connectivity index (χ2v) is 7.17. The average molecular weight is 363 g/mol. The standard InChI is InChI=1S/C19H17N5OS/c1-13-22-16-8-7-15(11-18(16)26-13)19(25)23-17(12-24-20-9-10-21-24)14-5-3-2-4-6-14/h2-11,17H,12H2,1H3,(H,23,25). The van der Waals surface area contributed by atoms with Crippen molar-refractivity contribution in [2.75, 3.05) is 0 Å². The smallest absolute Gasteiger partial charge is 0.251 e. The summed E-state index contributed by atoms with van der Waals surface area (Å²) < 4.78 is 1.01. The van der Waals surface area contributed by atoms with E-state index in [9.17, 15) is 4.79 Å². The van der Waals surface area contributed by atoms with Crippen molar-refractivity contribution in [3.63, 3.8) is 0 Å². The average Bonchev–Trinajstić information content (AvgIpc) is 3.29. The Hall–Kier alpha value is -3.06. The van der Waals surface area contributed by atoms with Crippen LogP contribution in [-0.4, -0.2) is 25.9 Å². The summed E-state index contributed by atoms with van der Waals surface area (Å²) in [5.41, 5.74) is 2.55. The van der Waals surface area contributed by atoms with Crippen LogP contribution in [0.1, 0.15) is 27.0 Å². The number of hydrogen-bond donors (Lipinski definition) is 1. The molecule has 4 rings (SSSR count). The van der Waals surface area contributed by atoms with Gasteiger partial charge >= 0.3 is 0 Å². The minimum Gasteiger partial charge on any atom is -0.343 e. The third-order valence-electron chi connectivity index (χ3n) is 4.08. The Kier molecular flexibility index (Phi) is 4.45. The first kappa shape index (κ1) is 16.4. The van der Waals surface area contributed by atoms with Gasteiger partial charge in [0, 0.05) is 5.56 Å². The van der Waals surface area contributed by atoms with Gasteiger partial charge in [-0.05, 0) is 30.7 Å². The maximum atomic E-state index is 12.8. The Morgan fingerprint density at radius 2 is 1.92 bits per heavy atom. The molecule has 0 aliphatic heterocycles. The minimum absolute atomic E-state index is 0.126. The van der Waals surface area contributed by atoms with E-state index in [0.29, 0.717) is 12.1 Å². The van der Waals surface area contributed by atoms with Gasteiger partial charge in [0.2, 0.25) is 0 Å². The van der Waals surface area contributed by atoms with Crippen molar-refractivity contribution < 1.29 is 4.79 Å². The highest BCUT2D eigenvalue weighted by Crippen LogP contribution is 2.23. The summed E-state index contributed by atoms with van der Waals surface area (Å²) in [6, 6.07) is 15.2. The van der Waals surface area contributed by atoms with Crippen LogP contribution in [0.15, 0.2) is 60.9 Å². The van der Waals surface area contributed by atoms with Gasteiger partial charge in [-0.15, -0.1) is 11.3 Å². The van der Waals surface area contributed by atoms with Crippen molar-refractivity contribution in [2.24, 2.45) is 0 Å². The van der Waals surface area contributed by atoms with Crippen LogP contribution in [-0.2, 0) is 6.54 Å². The first-order chi connectivity index (χ1) is 12.7. The SMILES string of the molecule is Cc1nc2ccc(C(=O)NC(Cn3nccn3)c3ccccc3)cc2s1. The summed E-state index contributed by atoms with van der Waals surface area (Å²) >= 11 is 1.59. The molecule has 1 unspecified atom stereocenters. The number of aromatic nitrogens is 4. The molecule has 0 spiro atoms. The van der Waals surface area contributed by atoms with Crippen LogP contribution >= 0.6 is 11.3 Å². The van der Waals surface area contributed by atoms with Crippen LogP contribution in [0.25, 0.3) is 10.2 Å². The van der Waals surface area contributed by atoms with Gasteiger partial charge in [0.25, 0.3) is 5.91 Å². The summed E-state index contributed by atoms with van der Waals surface area (Å²) in [6.45, 7) is 2.43. The lowest BCUT2D eigenvalue weighted by Crippen LogP contribution is -2.32. The molecule has 1 amide bonds. The van der Waals surface area contributed by atoms with Crippen LogP contribution in [0.2, 0.25) is 0 Å². The van der Waals surface area contributed by atoms with Gasteiger partial charge in [-0.2, -0.15) is 15.0 Å². The first-order valence-electron chi connectivity index (χ1n) is 8.26. The van der Waals surface area contributed by atoms with Gasteiger partial charge in [-0.25, -0.2) is 4.98 Å². The monoisotopic (exact) mass is 363 g/mol. The molecule has 130 valence electrons. The highest BCUT2D eigenvalue weighted by molar-refractivity contribution is 7.18. The number of nitrogens with zero attached hydrogens (tertiary/aromatic N) is 4. The largest absolute Gasteiger partial charge is 0.343 e. The Labute approximate surface area is 154 Å². The Morgan fingerprint density at radius 1 is 1.15 bits per heavy atom. The van der Waals surface area contributed by atoms with Gasteiger partial charge in [0.1, 0.15) is 0 Å². The number of hydrogen-bond acceptors (Lipinski definition) is 5. The molecule has 4 aromatic rings. The first-order valence-corrected chi connectivity index (χ1v) is 9.08. The number of carbonyl (C=O) groups is 1. The fraction of sp³-hybridized carbons (Fsp3) is 0.158. The van der Waals surface area contributed by atoms with Gasteiger partial charge in [-0.3, -0.25) is 4.79 Å². The van der Waals surface area contributed by atoms with E-state index in [2.05, 4.69) is 20.5 Å². The van der Waals surface area contributed by atoms with Gasteiger partial charge in [0.05, 0.1) is 40.2 Å². The third kappa shape index (κ3) is 3.48. The number of carbonyl (C=O) groups excluding carboxylic acids is 1. The highest BCUT2D eigenvalue weighted by atomic mass is 32.1. The van der Waals surface area contributed by atoms with Gasteiger partial charge in [-0.1, -0.05) is 30.3 Å². The van der Waals surface area contributed by atoms with Crippen molar-refractivity contribution >= 4 is 27.5 Å². The van der Waals surface area contributed by atoms with Crippen LogP contribution in [0.5, 0.6) is 0 Å². The maximum absolute atomic E-state index is 12.8. The molecule has 1 atom stereocenters. The van der Waals surface area contributed by atoms with Crippen molar-refractivity contribution in [3.05, 3.63) is 77.1 Å². The highest BCUT2D eigenvalue weighted by Gasteiger charge is 2.17. The molecule has 2 aromatic carbocycles. The zero-order chi connectivity index (χ0) is 17.9. The number of nitrogens with one attached hydrogen (secondary N) is 1. The zero-order valence-electron chi connectivity index (χ0n) is 14.2. The zero-order valence-corrected chi connectivity index (χ0v) is 15.0. The summed E-state index contributed by atoms with van der Waals surface area (Å²) in [4.78, 5) is 18.8. The number of fused-ring (bicyclic) bond motifs is 1. The second-order valence-electron chi connectivity index (χ2n) is 5.94. The Morgan fingerprint density at radius 3 is 2.69 bits per heavy atom. The lowest BCUT2D eigenvalue weighted by Gasteiger charge is -2.19. The summed E-state index contributed by atoms with van der Waals surface area (Å²) in [5.74, 6) is -0.126. The minimum atomic E-state index is -0.227. The quantitative estimate of drug-likeness (QED) is 0.590. The Balaban J connectivity index is 1.60.